The fraction of sp³-hybridized carbons (Fsp3) is 0.318. The van der Waals surface area contributed by atoms with Crippen LogP contribution >= 0.6 is 11.3 Å². The SMILES string of the molecule is CCOC(=O)Cn1c(=NC(=O)Cc2cccc(C)c2)sc2cc(CC)ccc21. The lowest BCUT2D eigenvalue weighted by atomic mass is 10.1. The van der Waals surface area contributed by atoms with E-state index >= 15 is 0 Å². The van der Waals surface area contributed by atoms with Crippen LogP contribution in [-0.2, 0) is 33.7 Å². The molecule has 0 unspecified atom stereocenters. The third-order valence-electron chi connectivity index (χ3n) is 4.41. The molecule has 0 saturated carbocycles. The van der Waals surface area contributed by atoms with Crippen molar-refractivity contribution in [1.29, 1.82) is 0 Å². The van der Waals surface area contributed by atoms with Gasteiger partial charge in [-0.25, -0.2) is 0 Å². The smallest absolute Gasteiger partial charge is 0.326 e. The van der Waals surface area contributed by atoms with Crippen molar-refractivity contribution in [1.82, 2.24) is 4.57 Å². The van der Waals surface area contributed by atoms with E-state index in [-0.39, 0.29) is 24.8 Å². The van der Waals surface area contributed by atoms with E-state index in [4.69, 9.17) is 4.74 Å². The molecule has 0 atom stereocenters. The Morgan fingerprint density at radius 2 is 1.93 bits per heavy atom. The molecule has 1 amide bonds. The van der Waals surface area contributed by atoms with Gasteiger partial charge in [-0.3, -0.25) is 9.59 Å². The molecule has 1 aromatic heterocycles. The van der Waals surface area contributed by atoms with E-state index in [9.17, 15) is 9.59 Å². The largest absolute Gasteiger partial charge is 0.465 e. The van der Waals surface area contributed by atoms with Crippen molar-refractivity contribution >= 4 is 33.4 Å². The second-order valence-corrected chi connectivity index (χ2v) is 7.61. The molecule has 3 rings (SSSR count). The van der Waals surface area contributed by atoms with E-state index in [1.807, 2.05) is 43.3 Å². The van der Waals surface area contributed by atoms with E-state index in [0.717, 1.165) is 27.8 Å². The molecule has 0 radical (unpaired) electrons. The lowest BCUT2D eigenvalue weighted by Gasteiger charge is -2.05. The molecule has 5 nitrogen and oxygen atoms in total. The molecule has 0 saturated heterocycles. The Hall–Kier alpha value is -2.73. The number of rotatable bonds is 6. The van der Waals surface area contributed by atoms with E-state index in [0.29, 0.717) is 11.4 Å². The first-order valence-corrected chi connectivity index (χ1v) is 10.2. The zero-order valence-electron chi connectivity index (χ0n) is 16.4. The maximum atomic E-state index is 12.6. The average Bonchev–Trinajstić information content (AvgIpc) is 2.98. The molecule has 0 aliphatic heterocycles. The minimum absolute atomic E-state index is 0.0376. The number of ether oxygens (including phenoxy) is 1. The highest BCUT2D eigenvalue weighted by atomic mass is 32.1. The van der Waals surface area contributed by atoms with Crippen molar-refractivity contribution in [3.8, 4) is 0 Å². The molecule has 28 heavy (non-hydrogen) atoms. The average molecular weight is 397 g/mol. The van der Waals surface area contributed by atoms with Crippen LogP contribution in [0.25, 0.3) is 10.2 Å². The van der Waals surface area contributed by atoms with Gasteiger partial charge in [-0.05, 0) is 43.5 Å². The summed E-state index contributed by atoms with van der Waals surface area (Å²) in [5, 5.41) is 0. The van der Waals surface area contributed by atoms with Crippen molar-refractivity contribution in [3.05, 3.63) is 64.0 Å². The summed E-state index contributed by atoms with van der Waals surface area (Å²) >= 11 is 1.42. The topological polar surface area (TPSA) is 60.7 Å². The summed E-state index contributed by atoms with van der Waals surface area (Å²) in [4.78, 5) is 29.5. The molecule has 6 heteroatoms. The van der Waals surface area contributed by atoms with E-state index < -0.39 is 0 Å². The summed E-state index contributed by atoms with van der Waals surface area (Å²) < 4.78 is 7.87. The first-order valence-electron chi connectivity index (χ1n) is 9.41. The van der Waals surface area contributed by atoms with Gasteiger partial charge in [-0.1, -0.05) is 54.2 Å². The highest BCUT2D eigenvalue weighted by Crippen LogP contribution is 2.20. The van der Waals surface area contributed by atoms with E-state index in [2.05, 4.69) is 18.0 Å². The van der Waals surface area contributed by atoms with Crippen molar-refractivity contribution < 1.29 is 14.3 Å². The number of aromatic nitrogens is 1. The van der Waals surface area contributed by atoms with Gasteiger partial charge in [-0.2, -0.15) is 4.99 Å². The van der Waals surface area contributed by atoms with Crippen LogP contribution in [0, 0.1) is 6.92 Å². The van der Waals surface area contributed by atoms with Gasteiger partial charge in [0.2, 0.25) is 0 Å². The highest BCUT2D eigenvalue weighted by Gasteiger charge is 2.13. The molecule has 0 aliphatic rings. The Bertz CT molecular complexity index is 1080. The molecule has 2 aromatic carbocycles. The van der Waals surface area contributed by atoms with Crippen LogP contribution < -0.4 is 4.80 Å². The van der Waals surface area contributed by atoms with E-state index in [1.54, 1.807) is 11.5 Å². The second kappa shape index (κ2) is 8.97. The molecule has 0 bridgehead atoms. The predicted octanol–water partition coefficient (Wildman–Crippen LogP) is 3.81. The van der Waals surface area contributed by atoms with Gasteiger partial charge in [0.25, 0.3) is 5.91 Å². The van der Waals surface area contributed by atoms with Gasteiger partial charge in [0, 0.05) is 0 Å². The van der Waals surface area contributed by atoms with Crippen molar-refractivity contribution in [3.63, 3.8) is 0 Å². The Morgan fingerprint density at radius 3 is 2.64 bits per heavy atom. The number of hydrogen-bond acceptors (Lipinski definition) is 4. The maximum absolute atomic E-state index is 12.6. The number of thiazole rings is 1. The quantitative estimate of drug-likeness (QED) is 0.595. The minimum Gasteiger partial charge on any atom is -0.465 e. The van der Waals surface area contributed by atoms with Gasteiger partial charge in [0.05, 0.1) is 23.2 Å². The van der Waals surface area contributed by atoms with Crippen LogP contribution in [0.3, 0.4) is 0 Å². The predicted molar refractivity (Wildman–Crippen MR) is 111 cm³/mol. The first-order chi connectivity index (χ1) is 13.5. The molecule has 0 N–H and O–H groups in total. The summed E-state index contributed by atoms with van der Waals surface area (Å²) in [6.45, 7) is 6.22. The van der Waals surface area contributed by atoms with Crippen LogP contribution in [0.1, 0.15) is 30.5 Å². The number of esters is 1. The summed E-state index contributed by atoms with van der Waals surface area (Å²) in [5.41, 5.74) is 4.13. The van der Waals surface area contributed by atoms with Crippen molar-refractivity contribution in [2.24, 2.45) is 4.99 Å². The second-order valence-electron chi connectivity index (χ2n) is 6.60. The monoisotopic (exact) mass is 396 g/mol. The minimum atomic E-state index is -0.339. The third-order valence-corrected chi connectivity index (χ3v) is 5.45. The summed E-state index contributed by atoms with van der Waals surface area (Å²) in [6.07, 6.45) is 1.15. The van der Waals surface area contributed by atoms with Gasteiger partial charge >= 0.3 is 5.97 Å². The molecular formula is C22H24N2O3S. The van der Waals surface area contributed by atoms with Gasteiger partial charge < -0.3 is 9.30 Å². The molecule has 0 spiro atoms. The van der Waals surface area contributed by atoms with Gasteiger partial charge in [0.15, 0.2) is 4.80 Å². The molecular weight excluding hydrogens is 372 g/mol. The zero-order valence-corrected chi connectivity index (χ0v) is 17.2. The molecule has 0 aliphatic carbocycles. The molecule has 1 heterocycles. The maximum Gasteiger partial charge on any atom is 0.326 e. The fourth-order valence-electron chi connectivity index (χ4n) is 3.05. The third kappa shape index (κ3) is 4.75. The summed E-state index contributed by atoms with van der Waals surface area (Å²) in [6, 6.07) is 13.9. The standard InChI is InChI=1S/C22H24N2O3S/c1-4-16-9-10-18-19(12-16)28-22(24(18)14-21(26)27-5-2)23-20(25)13-17-8-6-7-15(3)11-17/h6-12H,4-5,13-14H2,1-3H3. The Labute approximate surface area is 168 Å². The zero-order chi connectivity index (χ0) is 20.1. The Kier molecular flexibility index (Phi) is 6.41. The van der Waals surface area contributed by atoms with Gasteiger partial charge in [-0.15, -0.1) is 0 Å². The highest BCUT2D eigenvalue weighted by molar-refractivity contribution is 7.16. The number of carbonyl (C=O) groups excluding carboxylic acids is 2. The lowest BCUT2D eigenvalue weighted by Crippen LogP contribution is -2.23. The molecule has 3 aromatic rings. The first kappa shape index (κ1) is 20.0. The number of fused-ring (bicyclic) bond motifs is 1. The fourth-order valence-corrected chi connectivity index (χ4v) is 4.16. The van der Waals surface area contributed by atoms with Crippen LogP contribution in [-0.4, -0.2) is 23.1 Å². The number of amides is 1. The lowest BCUT2D eigenvalue weighted by molar-refractivity contribution is -0.143. The van der Waals surface area contributed by atoms with Crippen LogP contribution in [0.4, 0.5) is 0 Å². The number of hydrogen-bond donors (Lipinski definition) is 0. The summed E-state index contributed by atoms with van der Waals surface area (Å²) in [5.74, 6) is -0.570. The number of carbonyl (C=O) groups is 2. The Morgan fingerprint density at radius 1 is 1.11 bits per heavy atom. The summed E-state index contributed by atoms with van der Waals surface area (Å²) in [7, 11) is 0. The molecule has 146 valence electrons. The number of aryl methyl sites for hydroxylation is 2. The molecule has 0 fully saturated rings. The number of benzene rings is 2. The van der Waals surface area contributed by atoms with Crippen LogP contribution in [0.2, 0.25) is 0 Å². The van der Waals surface area contributed by atoms with Crippen molar-refractivity contribution in [2.75, 3.05) is 6.61 Å². The Balaban J connectivity index is 2.00. The normalized spacial score (nSPS) is 11.8. The van der Waals surface area contributed by atoms with Crippen LogP contribution in [0.5, 0.6) is 0 Å². The van der Waals surface area contributed by atoms with Crippen molar-refractivity contribution in [2.45, 2.75) is 40.2 Å². The van der Waals surface area contributed by atoms with Crippen LogP contribution in [0.15, 0.2) is 47.5 Å². The number of nitrogens with zero attached hydrogens (tertiary/aromatic N) is 2. The van der Waals surface area contributed by atoms with E-state index in [1.165, 1.54) is 16.9 Å². The van der Waals surface area contributed by atoms with Gasteiger partial charge in [0.1, 0.15) is 6.54 Å².